The zero-order valence-electron chi connectivity index (χ0n) is 10.1. The van der Waals surface area contributed by atoms with Crippen LogP contribution in [0.5, 0.6) is 5.75 Å². The quantitative estimate of drug-likeness (QED) is 0.770. The van der Waals surface area contributed by atoms with Gasteiger partial charge in [0.2, 0.25) is 10.0 Å². The number of sulfonamides is 1. The van der Waals surface area contributed by atoms with Crippen LogP contribution < -0.4 is 9.88 Å². The standard InChI is InChI=1S/C11H16BrNO4S/c1-2-16-6-3-7-17-11-5-4-9(8-10(11)12)18(13,14)15/h4-5,8H,2-3,6-7H2,1H3,(H2,13,14,15). The van der Waals surface area contributed by atoms with Crippen LogP contribution >= 0.6 is 15.9 Å². The Balaban J connectivity index is 2.58. The van der Waals surface area contributed by atoms with E-state index in [9.17, 15) is 8.42 Å². The first-order chi connectivity index (χ1) is 8.45. The molecule has 0 aromatic heterocycles. The maximum Gasteiger partial charge on any atom is 0.238 e. The molecule has 1 rings (SSSR count). The maximum atomic E-state index is 11.1. The second kappa shape index (κ2) is 7.08. The summed E-state index contributed by atoms with van der Waals surface area (Å²) in [6.07, 6.45) is 0.775. The Morgan fingerprint density at radius 2 is 2.06 bits per heavy atom. The molecule has 7 heteroatoms. The van der Waals surface area contributed by atoms with Gasteiger partial charge in [-0.15, -0.1) is 0 Å². The van der Waals surface area contributed by atoms with E-state index in [0.717, 1.165) is 6.42 Å². The lowest BCUT2D eigenvalue weighted by Crippen LogP contribution is -2.12. The average Bonchev–Trinajstić information content (AvgIpc) is 2.29. The summed E-state index contributed by atoms with van der Waals surface area (Å²) >= 11 is 3.25. The maximum absolute atomic E-state index is 11.1. The second-order valence-corrected chi connectivity index (χ2v) is 5.95. The van der Waals surface area contributed by atoms with E-state index >= 15 is 0 Å². The van der Waals surface area contributed by atoms with Gasteiger partial charge in [0.25, 0.3) is 0 Å². The fraction of sp³-hybridized carbons (Fsp3) is 0.455. The zero-order chi connectivity index (χ0) is 13.6. The number of hydrogen-bond acceptors (Lipinski definition) is 4. The number of halogens is 1. The average molecular weight is 338 g/mol. The van der Waals surface area contributed by atoms with Gasteiger partial charge >= 0.3 is 0 Å². The third-order valence-electron chi connectivity index (χ3n) is 2.13. The van der Waals surface area contributed by atoms with Crippen LogP contribution in [-0.2, 0) is 14.8 Å². The molecule has 0 aliphatic heterocycles. The van der Waals surface area contributed by atoms with Crippen molar-refractivity contribution in [2.24, 2.45) is 5.14 Å². The second-order valence-electron chi connectivity index (χ2n) is 3.54. The van der Waals surface area contributed by atoms with E-state index in [2.05, 4.69) is 15.9 Å². The number of ether oxygens (including phenoxy) is 2. The van der Waals surface area contributed by atoms with Gasteiger partial charge in [-0.2, -0.15) is 0 Å². The fourth-order valence-electron chi connectivity index (χ4n) is 1.26. The zero-order valence-corrected chi connectivity index (χ0v) is 12.5. The molecule has 0 radical (unpaired) electrons. The third-order valence-corrected chi connectivity index (χ3v) is 3.66. The molecule has 0 saturated heterocycles. The summed E-state index contributed by atoms with van der Waals surface area (Å²) in [4.78, 5) is 0.0519. The molecule has 5 nitrogen and oxygen atoms in total. The Morgan fingerprint density at radius 1 is 1.33 bits per heavy atom. The van der Waals surface area contributed by atoms with Crippen LogP contribution in [-0.4, -0.2) is 28.2 Å². The molecule has 2 N–H and O–H groups in total. The highest BCUT2D eigenvalue weighted by Crippen LogP contribution is 2.27. The lowest BCUT2D eigenvalue weighted by molar-refractivity contribution is 0.130. The minimum atomic E-state index is -3.68. The number of nitrogens with two attached hydrogens (primary N) is 1. The first-order valence-electron chi connectivity index (χ1n) is 5.48. The molecule has 18 heavy (non-hydrogen) atoms. The van der Waals surface area contributed by atoms with Crippen LogP contribution in [0.4, 0.5) is 0 Å². The Labute approximate surface area is 115 Å². The highest BCUT2D eigenvalue weighted by molar-refractivity contribution is 9.10. The molecule has 0 heterocycles. The summed E-state index contributed by atoms with van der Waals surface area (Å²) in [6.45, 7) is 3.77. The van der Waals surface area contributed by atoms with E-state index in [-0.39, 0.29) is 4.90 Å². The molecular weight excluding hydrogens is 322 g/mol. The fourth-order valence-corrected chi connectivity index (χ4v) is 2.45. The van der Waals surface area contributed by atoms with Crippen molar-refractivity contribution in [2.45, 2.75) is 18.2 Å². The van der Waals surface area contributed by atoms with Crippen molar-refractivity contribution < 1.29 is 17.9 Å². The highest BCUT2D eigenvalue weighted by atomic mass is 79.9. The van der Waals surface area contributed by atoms with E-state index in [1.165, 1.54) is 12.1 Å². The molecule has 0 aliphatic carbocycles. The molecule has 0 saturated carbocycles. The molecule has 1 aromatic rings. The van der Waals surface area contributed by atoms with Crippen molar-refractivity contribution in [2.75, 3.05) is 19.8 Å². The smallest absolute Gasteiger partial charge is 0.238 e. The molecule has 1 aromatic carbocycles. The normalized spacial score (nSPS) is 11.5. The van der Waals surface area contributed by atoms with E-state index < -0.39 is 10.0 Å². The summed E-state index contributed by atoms with van der Waals surface area (Å²) < 4.78 is 33.5. The van der Waals surface area contributed by atoms with E-state index in [4.69, 9.17) is 14.6 Å². The largest absolute Gasteiger partial charge is 0.492 e. The molecule has 0 aliphatic rings. The van der Waals surface area contributed by atoms with Gasteiger partial charge in [-0.25, -0.2) is 13.6 Å². The molecule has 0 amide bonds. The SMILES string of the molecule is CCOCCCOc1ccc(S(N)(=O)=O)cc1Br. The van der Waals surface area contributed by atoms with Crippen molar-refractivity contribution in [1.82, 2.24) is 0 Å². The van der Waals surface area contributed by atoms with Gasteiger partial charge in [-0.3, -0.25) is 0 Å². The van der Waals surface area contributed by atoms with Gasteiger partial charge in [0.05, 0.1) is 16.0 Å². The van der Waals surface area contributed by atoms with Crippen molar-refractivity contribution in [3.8, 4) is 5.75 Å². The van der Waals surface area contributed by atoms with Crippen molar-refractivity contribution in [3.63, 3.8) is 0 Å². The lowest BCUT2D eigenvalue weighted by Gasteiger charge is -2.09. The summed E-state index contributed by atoms with van der Waals surface area (Å²) in [5, 5.41) is 5.02. The van der Waals surface area contributed by atoms with Gasteiger partial charge in [0.15, 0.2) is 0 Å². The molecule has 0 fully saturated rings. The molecule has 102 valence electrons. The lowest BCUT2D eigenvalue weighted by atomic mass is 10.3. The minimum Gasteiger partial charge on any atom is -0.492 e. The molecular formula is C11H16BrNO4S. The number of hydrogen-bond donors (Lipinski definition) is 1. The molecule has 0 unspecified atom stereocenters. The van der Waals surface area contributed by atoms with Gasteiger partial charge in [-0.1, -0.05) is 0 Å². The third kappa shape index (κ3) is 4.93. The Kier molecular flexibility index (Phi) is 6.07. The van der Waals surface area contributed by atoms with Gasteiger partial charge in [0, 0.05) is 19.6 Å². The highest BCUT2D eigenvalue weighted by Gasteiger charge is 2.10. The molecule has 0 spiro atoms. The van der Waals surface area contributed by atoms with Crippen LogP contribution in [0, 0.1) is 0 Å². The van der Waals surface area contributed by atoms with Crippen LogP contribution in [0.25, 0.3) is 0 Å². The molecule has 0 atom stereocenters. The van der Waals surface area contributed by atoms with Crippen LogP contribution in [0.3, 0.4) is 0 Å². The van der Waals surface area contributed by atoms with Crippen LogP contribution in [0.15, 0.2) is 27.6 Å². The first-order valence-corrected chi connectivity index (χ1v) is 7.82. The van der Waals surface area contributed by atoms with E-state index in [0.29, 0.717) is 30.0 Å². The predicted molar refractivity (Wildman–Crippen MR) is 72.1 cm³/mol. The van der Waals surface area contributed by atoms with E-state index in [1.54, 1.807) is 6.07 Å². The Morgan fingerprint density at radius 3 is 2.61 bits per heavy atom. The summed E-state index contributed by atoms with van der Waals surface area (Å²) in [7, 11) is -3.68. The summed E-state index contributed by atoms with van der Waals surface area (Å²) in [6, 6.07) is 4.41. The summed E-state index contributed by atoms with van der Waals surface area (Å²) in [5.74, 6) is 0.582. The molecule has 0 bridgehead atoms. The minimum absolute atomic E-state index is 0.0519. The van der Waals surface area contributed by atoms with Gasteiger partial charge in [0.1, 0.15) is 5.75 Å². The van der Waals surface area contributed by atoms with E-state index in [1.807, 2.05) is 6.92 Å². The van der Waals surface area contributed by atoms with Crippen LogP contribution in [0.2, 0.25) is 0 Å². The Hall–Kier alpha value is -0.630. The monoisotopic (exact) mass is 337 g/mol. The van der Waals surface area contributed by atoms with Crippen molar-refractivity contribution in [1.29, 1.82) is 0 Å². The first kappa shape index (κ1) is 15.4. The van der Waals surface area contributed by atoms with Gasteiger partial charge in [-0.05, 0) is 41.1 Å². The van der Waals surface area contributed by atoms with Gasteiger partial charge < -0.3 is 9.47 Å². The Bertz CT molecular complexity index is 490. The van der Waals surface area contributed by atoms with Crippen molar-refractivity contribution in [3.05, 3.63) is 22.7 Å². The summed E-state index contributed by atoms with van der Waals surface area (Å²) in [5.41, 5.74) is 0. The number of rotatable bonds is 7. The van der Waals surface area contributed by atoms with Crippen LogP contribution in [0.1, 0.15) is 13.3 Å². The number of primary sulfonamides is 1. The predicted octanol–water partition coefficient (Wildman–Crippen LogP) is 1.90. The number of benzene rings is 1. The topological polar surface area (TPSA) is 78.6 Å². The van der Waals surface area contributed by atoms with Crippen molar-refractivity contribution >= 4 is 26.0 Å².